The van der Waals surface area contributed by atoms with Crippen molar-refractivity contribution in [1.29, 1.82) is 0 Å². The highest BCUT2D eigenvalue weighted by Gasteiger charge is 2.27. The first-order chi connectivity index (χ1) is 12.6. The summed E-state index contributed by atoms with van der Waals surface area (Å²) in [6.07, 6.45) is 3.31. The zero-order valence-corrected chi connectivity index (χ0v) is 16.3. The van der Waals surface area contributed by atoms with E-state index in [4.69, 9.17) is 23.2 Å². The molecule has 1 unspecified atom stereocenters. The van der Waals surface area contributed by atoms with Gasteiger partial charge >= 0.3 is 0 Å². The summed E-state index contributed by atoms with van der Waals surface area (Å²) < 4.78 is 2.36. The van der Waals surface area contributed by atoms with Crippen molar-refractivity contribution in [2.24, 2.45) is 0 Å². The number of rotatable bonds is 3. The van der Waals surface area contributed by atoms with Gasteiger partial charge in [-0.1, -0.05) is 59.1 Å². The first kappa shape index (κ1) is 17.7. The molecule has 1 aliphatic heterocycles. The number of hydrogen-bond donors (Lipinski definition) is 0. The molecule has 1 aliphatic rings. The van der Waals surface area contributed by atoms with Crippen LogP contribution in [0.1, 0.15) is 34.8 Å². The van der Waals surface area contributed by atoms with Gasteiger partial charge in [0.1, 0.15) is 0 Å². The molecule has 4 rings (SSSR count). The summed E-state index contributed by atoms with van der Waals surface area (Å²) in [7, 11) is 0. The quantitative estimate of drug-likeness (QED) is 0.529. The zero-order valence-electron chi connectivity index (χ0n) is 14.8. The van der Waals surface area contributed by atoms with Crippen molar-refractivity contribution in [3.05, 3.63) is 93.2 Å². The molecule has 2 heterocycles. The second-order valence-electron chi connectivity index (χ2n) is 7.01. The minimum Gasteiger partial charge on any atom is -0.350 e. The third kappa shape index (κ3) is 3.55. The zero-order chi connectivity index (χ0) is 18.1. The molecule has 0 N–H and O–H groups in total. The Kier molecular flexibility index (Phi) is 5.08. The van der Waals surface area contributed by atoms with E-state index in [0.29, 0.717) is 10.0 Å². The lowest BCUT2D eigenvalue weighted by Crippen LogP contribution is -2.29. The van der Waals surface area contributed by atoms with Crippen LogP contribution in [0.15, 0.2) is 60.8 Å². The van der Waals surface area contributed by atoms with Gasteiger partial charge in [0.2, 0.25) is 0 Å². The maximum absolute atomic E-state index is 6.34. The molecular weight excluding hydrogens is 363 g/mol. The van der Waals surface area contributed by atoms with E-state index in [1.54, 1.807) is 0 Å². The van der Waals surface area contributed by atoms with Gasteiger partial charge in [-0.05, 0) is 48.7 Å². The van der Waals surface area contributed by atoms with Crippen LogP contribution in [-0.2, 0) is 13.1 Å². The molecule has 0 bridgehead atoms. The van der Waals surface area contributed by atoms with Crippen molar-refractivity contribution in [1.82, 2.24) is 9.47 Å². The Labute approximate surface area is 165 Å². The molecule has 0 radical (unpaired) electrons. The van der Waals surface area contributed by atoms with E-state index in [9.17, 15) is 0 Å². The van der Waals surface area contributed by atoms with Crippen molar-refractivity contribution in [3.8, 4) is 0 Å². The molecule has 0 saturated carbocycles. The van der Waals surface area contributed by atoms with Crippen LogP contribution in [0.2, 0.25) is 10.0 Å². The predicted molar refractivity (Wildman–Crippen MR) is 109 cm³/mol. The summed E-state index contributed by atoms with van der Waals surface area (Å²) in [6, 6.07) is 19.4. The highest BCUT2D eigenvalue weighted by Crippen LogP contribution is 2.35. The molecule has 0 spiro atoms. The maximum atomic E-state index is 6.34. The molecule has 0 aliphatic carbocycles. The van der Waals surface area contributed by atoms with E-state index in [-0.39, 0.29) is 6.04 Å². The average molecular weight is 385 g/mol. The van der Waals surface area contributed by atoms with E-state index in [2.05, 4.69) is 65.1 Å². The minimum absolute atomic E-state index is 0.170. The van der Waals surface area contributed by atoms with Crippen molar-refractivity contribution in [3.63, 3.8) is 0 Å². The van der Waals surface area contributed by atoms with E-state index in [1.807, 2.05) is 12.1 Å². The summed E-state index contributed by atoms with van der Waals surface area (Å²) in [4.78, 5) is 2.54. The molecule has 2 aromatic carbocycles. The highest BCUT2D eigenvalue weighted by atomic mass is 35.5. The van der Waals surface area contributed by atoms with Crippen LogP contribution in [0.25, 0.3) is 0 Å². The maximum Gasteiger partial charge on any atom is 0.0759 e. The van der Waals surface area contributed by atoms with Crippen LogP contribution in [0.4, 0.5) is 0 Å². The second kappa shape index (κ2) is 7.48. The van der Waals surface area contributed by atoms with Gasteiger partial charge in [0.05, 0.1) is 16.1 Å². The summed E-state index contributed by atoms with van der Waals surface area (Å²) in [5, 5.41) is 1.21. The van der Waals surface area contributed by atoms with Gasteiger partial charge in [0.15, 0.2) is 0 Å². The average Bonchev–Trinajstić information content (AvgIpc) is 3.01. The molecule has 26 heavy (non-hydrogen) atoms. The summed E-state index contributed by atoms with van der Waals surface area (Å²) >= 11 is 12.5. The number of aromatic nitrogens is 1. The SMILES string of the molecule is Cc1ccc(CN2CCCn3cccc3C2c2ccc(Cl)c(Cl)c2)cc1. The second-order valence-corrected chi connectivity index (χ2v) is 7.83. The molecular formula is C22H22Cl2N2. The van der Waals surface area contributed by atoms with Gasteiger partial charge in [0.25, 0.3) is 0 Å². The normalized spacial score (nSPS) is 17.7. The van der Waals surface area contributed by atoms with Crippen LogP contribution in [0, 0.1) is 6.92 Å². The van der Waals surface area contributed by atoms with E-state index in [1.165, 1.54) is 22.4 Å². The Bertz CT molecular complexity index is 899. The fourth-order valence-electron chi connectivity index (χ4n) is 3.80. The molecule has 2 nitrogen and oxygen atoms in total. The molecule has 0 fully saturated rings. The van der Waals surface area contributed by atoms with Crippen molar-refractivity contribution < 1.29 is 0 Å². The Morgan fingerprint density at radius 2 is 1.77 bits per heavy atom. The molecule has 0 amide bonds. The lowest BCUT2D eigenvalue weighted by molar-refractivity contribution is 0.220. The van der Waals surface area contributed by atoms with Gasteiger partial charge in [-0.25, -0.2) is 0 Å². The topological polar surface area (TPSA) is 8.17 Å². The number of hydrogen-bond acceptors (Lipinski definition) is 1. The monoisotopic (exact) mass is 384 g/mol. The summed E-state index contributed by atoms with van der Waals surface area (Å²) in [6.45, 7) is 5.13. The third-order valence-corrected chi connectivity index (χ3v) is 5.86. The van der Waals surface area contributed by atoms with E-state index in [0.717, 1.165) is 26.1 Å². The fraction of sp³-hybridized carbons (Fsp3) is 0.273. The Balaban J connectivity index is 1.75. The number of aryl methyl sites for hydroxylation is 2. The smallest absolute Gasteiger partial charge is 0.0759 e. The number of nitrogens with zero attached hydrogens (tertiary/aromatic N) is 2. The molecule has 0 saturated heterocycles. The first-order valence-electron chi connectivity index (χ1n) is 9.01. The van der Waals surface area contributed by atoms with Crippen molar-refractivity contribution >= 4 is 23.2 Å². The van der Waals surface area contributed by atoms with E-state index >= 15 is 0 Å². The molecule has 134 valence electrons. The standard InChI is InChI=1S/C22H22Cl2N2/c1-16-5-7-17(8-6-16)15-26-13-3-12-25-11-2-4-21(25)22(26)18-9-10-19(23)20(24)14-18/h2,4-11,14,22H,3,12-13,15H2,1H3. The number of benzene rings is 2. The van der Waals surface area contributed by atoms with Gasteiger partial charge in [-0.2, -0.15) is 0 Å². The van der Waals surface area contributed by atoms with Gasteiger partial charge in [-0.15, -0.1) is 0 Å². The van der Waals surface area contributed by atoms with Gasteiger partial charge in [-0.3, -0.25) is 4.90 Å². The minimum atomic E-state index is 0.170. The van der Waals surface area contributed by atoms with Crippen LogP contribution >= 0.6 is 23.2 Å². The van der Waals surface area contributed by atoms with Gasteiger partial charge < -0.3 is 4.57 Å². The first-order valence-corrected chi connectivity index (χ1v) is 9.77. The predicted octanol–water partition coefficient (Wildman–Crippen LogP) is 6.10. The molecule has 4 heteroatoms. The van der Waals surface area contributed by atoms with Crippen molar-refractivity contribution in [2.45, 2.75) is 32.5 Å². The van der Waals surface area contributed by atoms with Crippen LogP contribution in [-0.4, -0.2) is 16.0 Å². The Morgan fingerprint density at radius 1 is 0.962 bits per heavy atom. The summed E-state index contributed by atoms with van der Waals surface area (Å²) in [5.41, 5.74) is 5.13. The van der Waals surface area contributed by atoms with Crippen LogP contribution in [0.3, 0.4) is 0 Å². The molecule has 1 atom stereocenters. The number of halogens is 2. The Morgan fingerprint density at radius 3 is 2.54 bits per heavy atom. The highest BCUT2D eigenvalue weighted by molar-refractivity contribution is 6.42. The lowest BCUT2D eigenvalue weighted by Gasteiger charge is -2.31. The van der Waals surface area contributed by atoms with Gasteiger partial charge in [0, 0.05) is 31.5 Å². The largest absolute Gasteiger partial charge is 0.350 e. The third-order valence-electron chi connectivity index (χ3n) is 5.12. The fourth-order valence-corrected chi connectivity index (χ4v) is 4.11. The summed E-state index contributed by atoms with van der Waals surface area (Å²) in [5.74, 6) is 0. The molecule has 3 aromatic rings. The number of fused-ring (bicyclic) bond motifs is 1. The van der Waals surface area contributed by atoms with Crippen LogP contribution in [0.5, 0.6) is 0 Å². The van der Waals surface area contributed by atoms with E-state index < -0.39 is 0 Å². The lowest BCUT2D eigenvalue weighted by atomic mass is 10.0. The Hall–Kier alpha value is -1.74. The van der Waals surface area contributed by atoms with Crippen molar-refractivity contribution in [2.75, 3.05) is 6.54 Å². The van der Waals surface area contributed by atoms with Crippen LogP contribution < -0.4 is 0 Å². The molecule has 1 aromatic heterocycles.